The number of nitrogens with one attached hydrogen (secondary N) is 1. The zero-order chi connectivity index (χ0) is 7.52. The fraction of sp³-hybridized carbons (Fsp3) is 0.889. The lowest BCUT2D eigenvalue weighted by atomic mass is 10.3. The van der Waals surface area contributed by atoms with Crippen LogP contribution in [0.2, 0.25) is 0 Å². The first-order valence-electron chi connectivity index (χ1n) is 4.72. The fourth-order valence-corrected chi connectivity index (χ4v) is 1.51. The molecule has 0 aromatic heterocycles. The van der Waals surface area contributed by atoms with Crippen LogP contribution in [0.1, 0.15) is 32.1 Å². The van der Waals surface area contributed by atoms with Gasteiger partial charge in [0.25, 0.3) is 0 Å². The molecular formula is C9H16N2. The average Bonchev–Trinajstić information content (AvgIpc) is 2.66. The van der Waals surface area contributed by atoms with Gasteiger partial charge in [0.1, 0.15) is 0 Å². The van der Waals surface area contributed by atoms with Gasteiger partial charge in [0.15, 0.2) is 0 Å². The van der Waals surface area contributed by atoms with Crippen LogP contribution in [-0.2, 0) is 0 Å². The minimum atomic E-state index is 1.05. The van der Waals surface area contributed by atoms with Crippen molar-refractivity contribution >= 4 is 5.84 Å². The lowest BCUT2D eigenvalue weighted by Gasteiger charge is -2.03. The number of aliphatic imine (C=N–C) groups is 1. The molecule has 0 spiro atoms. The van der Waals surface area contributed by atoms with Gasteiger partial charge in [-0.1, -0.05) is 12.8 Å². The summed E-state index contributed by atoms with van der Waals surface area (Å²) in [5.41, 5.74) is 0. The quantitative estimate of drug-likeness (QED) is 0.652. The third kappa shape index (κ3) is 2.21. The Morgan fingerprint density at radius 1 is 1.45 bits per heavy atom. The predicted molar refractivity (Wildman–Crippen MR) is 46.9 cm³/mol. The summed E-state index contributed by atoms with van der Waals surface area (Å²) in [6, 6.07) is 0. The average molecular weight is 152 g/mol. The van der Waals surface area contributed by atoms with Crippen molar-refractivity contribution in [3.8, 4) is 0 Å². The van der Waals surface area contributed by atoms with Gasteiger partial charge in [0.05, 0.1) is 5.84 Å². The van der Waals surface area contributed by atoms with Gasteiger partial charge in [0.2, 0.25) is 0 Å². The molecule has 0 saturated heterocycles. The number of hydrogen-bond acceptors (Lipinski definition) is 2. The van der Waals surface area contributed by atoms with Crippen molar-refractivity contribution in [1.29, 1.82) is 0 Å². The predicted octanol–water partition coefficient (Wildman–Crippen LogP) is 1.57. The summed E-state index contributed by atoms with van der Waals surface area (Å²) in [5, 5.41) is 3.40. The van der Waals surface area contributed by atoms with Crippen LogP contribution < -0.4 is 5.32 Å². The minimum absolute atomic E-state index is 1.05. The molecule has 11 heavy (non-hydrogen) atoms. The number of amidine groups is 1. The Morgan fingerprint density at radius 2 is 2.36 bits per heavy atom. The van der Waals surface area contributed by atoms with E-state index in [1.807, 2.05) is 0 Å². The van der Waals surface area contributed by atoms with Gasteiger partial charge in [-0.25, -0.2) is 0 Å². The van der Waals surface area contributed by atoms with E-state index in [0.717, 1.165) is 19.0 Å². The smallest absolute Gasteiger partial charge is 0.0963 e. The zero-order valence-electron chi connectivity index (χ0n) is 6.97. The van der Waals surface area contributed by atoms with E-state index >= 15 is 0 Å². The summed E-state index contributed by atoms with van der Waals surface area (Å²) < 4.78 is 0. The molecule has 0 radical (unpaired) electrons. The van der Waals surface area contributed by atoms with Gasteiger partial charge in [-0.15, -0.1) is 0 Å². The zero-order valence-corrected chi connectivity index (χ0v) is 6.97. The number of rotatable bonds is 3. The van der Waals surface area contributed by atoms with Gasteiger partial charge in [0, 0.05) is 19.5 Å². The van der Waals surface area contributed by atoms with Crippen molar-refractivity contribution in [1.82, 2.24) is 5.32 Å². The van der Waals surface area contributed by atoms with E-state index in [1.54, 1.807) is 0 Å². The Morgan fingerprint density at radius 3 is 3.00 bits per heavy atom. The molecule has 0 atom stereocenters. The van der Waals surface area contributed by atoms with Gasteiger partial charge < -0.3 is 5.32 Å². The first kappa shape index (κ1) is 7.14. The summed E-state index contributed by atoms with van der Waals surface area (Å²) >= 11 is 0. The fourth-order valence-electron chi connectivity index (χ4n) is 1.51. The lowest BCUT2D eigenvalue weighted by molar-refractivity contribution is 0.696. The monoisotopic (exact) mass is 152 g/mol. The van der Waals surface area contributed by atoms with E-state index in [-0.39, 0.29) is 0 Å². The van der Waals surface area contributed by atoms with Gasteiger partial charge in [-0.05, 0) is 18.8 Å². The molecule has 1 aliphatic carbocycles. The van der Waals surface area contributed by atoms with E-state index < -0.39 is 0 Å². The van der Waals surface area contributed by atoms with Crippen LogP contribution in [-0.4, -0.2) is 18.9 Å². The van der Waals surface area contributed by atoms with Crippen LogP contribution in [0, 0.1) is 5.92 Å². The summed E-state index contributed by atoms with van der Waals surface area (Å²) in [6.45, 7) is 2.20. The van der Waals surface area contributed by atoms with Crippen molar-refractivity contribution in [2.45, 2.75) is 32.1 Å². The van der Waals surface area contributed by atoms with Crippen LogP contribution in [0.3, 0.4) is 0 Å². The molecule has 0 unspecified atom stereocenters. The second-order valence-corrected chi connectivity index (χ2v) is 3.59. The Labute approximate surface area is 68.1 Å². The summed E-state index contributed by atoms with van der Waals surface area (Å²) in [6.07, 6.45) is 6.73. The molecule has 1 heterocycles. The molecule has 0 bridgehead atoms. The van der Waals surface area contributed by atoms with Gasteiger partial charge in [-0.2, -0.15) is 0 Å². The molecule has 2 nitrogen and oxygen atoms in total. The summed E-state index contributed by atoms with van der Waals surface area (Å²) in [5.74, 6) is 2.30. The van der Waals surface area contributed by atoms with Crippen LogP contribution in [0.25, 0.3) is 0 Å². The molecule has 1 aliphatic heterocycles. The Hall–Kier alpha value is -0.530. The standard InChI is InChI=1S/C9H16N2/c1-2-9(10-6-1)11-7-5-8-3-4-8/h8H,1-7H2,(H,10,11). The van der Waals surface area contributed by atoms with Crippen molar-refractivity contribution in [2.24, 2.45) is 10.9 Å². The first-order valence-corrected chi connectivity index (χ1v) is 4.72. The van der Waals surface area contributed by atoms with E-state index in [9.17, 15) is 0 Å². The van der Waals surface area contributed by atoms with Crippen molar-refractivity contribution in [3.05, 3.63) is 0 Å². The normalized spacial score (nSPS) is 23.5. The molecule has 1 N–H and O–H groups in total. The van der Waals surface area contributed by atoms with Crippen molar-refractivity contribution in [3.63, 3.8) is 0 Å². The maximum absolute atomic E-state index is 4.36. The largest absolute Gasteiger partial charge is 0.374 e. The topological polar surface area (TPSA) is 24.4 Å². The molecule has 2 rings (SSSR count). The molecule has 2 heteroatoms. The molecule has 2 aliphatic rings. The highest BCUT2D eigenvalue weighted by atomic mass is 15.0. The maximum Gasteiger partial charge on any atom is 0.0963 e. The minimum Gasteiger partial charge on any atom is -0.374 e. The highest BCUT2D eigenvalue weighted by Gasteiger charge is 2.20. The summed E-state index contributed by atoms with van der Waals surface area (Å²) in [4.78, 5) is 4.36. The molecule has 62 valence electrons. The highest BCUT2D eigenvalue weighted by molar-refractivity contribution is 5.83. The molecule has 0 amide bonds. The highest BCUT2D eigenvalue weighted by Crippen LogP contribution is 2.31. The van der Waals surface area contributed by atoms with Gasteiger partial charge >= 0.3 is 0 Å². The van der Waals surface area contributed by atoms with E-state index in [1.165, 1.54) is 37.9 Å². The second kappa shape index (κ2) is 3.24. The first-order chi connectivity index (χ1) is 5.45. The summed E-state index contributed by atoms with van der Waals surface area (Å²) in [7, 11) is 0. The Balaban J connectivity index is 1.57. The molecule has 0 aromatic carbocycles. The molecule has 1 fully saturated rings. The van der Waals surface area contributed by atoms with Crippen LogP contribution >= 0.6 is 0 Å². The van der Waals surface area contributed by atoms with Crippen LogP contribution in [0.15, 0.2) is 4.99 Å². The number of nitrogens with zero attached hydrogens (tertiary/aromatic N) is 1. The maximum atomic E-state index is 4.36. The van der Waals surface area contributed by atoms with Gasteiger partial charge in [-0.3, -0.25) is 4.99 Å². The molecular weight excluding hydrogens is 136 g/mol. The third-order valence-corrected chi connectivity index (χ3v) is 2.45. The Bertz CT molecular complexity index is 159. The van der Waals surface area contributed by atoms with Crippen molar-refractivity contribution in [2.75, 3.05) is 13.1 Å². The number of hydrogen-bond donors (Lipinski definition) is 1. The van der Waals surface area contributed by atoms with E-state index in [4.69, 9.17) is 0 Å². The van der Waals surface area contributed by atoms with E-state index in [2.05, 4.69) is 10.3 Å². The van der Waals surface area contributed by atoms with E-state index in [0.29, 0.717) is 0 Å². The van der Waals surface area contributed by atoms with Crippen LogP contribution in [0.5, 0.6) is 0 Å². The second-order valence-electron chi connectivity index (χ2n) is 3.59. The SMILES string of the molecule is C1CN=C(NCCC2CC2)C1. The van der Waals surface area contributed by atoms with Crippen molar-refractivity contribution < 1.29 is 0 Å². The third-order valence-electron chi connectivity index (χ3n) is 2.45. The molecule has 1 saturated carbocycles. The van der Waals surface area contributed by atoms with Crippen LogP contribution in [0.4, 0.5) is 0 Å². The molecule has 0 aromatic rings. The lowest BCUT2D eigenvalue weighted by Crippen LogP contribution is -2.22. The Kier molecular flexibility index (Phi) is 2.11.